The van der Waals surface area contributed by atoms with Gasteiger partial charge in [-0.1, -0.05) is 155 Å². The monoisotopic (exact) mass is 435 g/mol. The Morgan fingerprint density at radius 3 is 1.19 bits per heavy atom. The molecule has 1 saturated carbocycles. The first kappa shape index (κ1) is 29.0. The van der Waals surface area contributed by atoms with Crippen LogP contribution in [0.1, 0.15) is 174 Å². The number of unbranched alkanes of at least 4 members (excludes halogenated alkanes) is 17. The molecule has 1 unspecified atom stereocenters. The predicted octanol–water partition coefficient (Wildman–Crippen LogP) is 10.4. The molecule has 1 aliphatic carbocycles. The van der Waals surface area contributed by atoms with Crippen molar-refractivity contribution in [1.82, 2.24) is 0 Å². The Hall–Kier alpha value is -0.0400. The average Bonchev–Trinajstić information content (AvgIpc) is 3.52. The molecule has 0 aromatic rings. The molecule has 0 aromatic carbocycles. The van der Waals surface area contributed by atoms with Gasteiger partial charge in [-0.25, -0.2) is 0 Å². The van der Waals surface area contributed by atoms with Crippen molar-refractivity contribution < 1.29 is 0 Å². The molecule has 1 aliphatic rings. The lowest BCUT2D eigenvalue weighted by atomic mass is 10.00. The van der Waals surface area contributed by atoms with Gasteiger partial charge in [-0.3, -0.25) is 0 Å². The standard InChI is InChI=1S/C30H61N/c1-3-5-7-9-11-12-13-17-21-25-30(31)26-22-18-14-16-20-24-29-27-28(29)23-19-15-10-8-6-4-2/h28-30H,3-27,31H2,1-2H3/t28-,29+,30?/m1/s1. The summed E-state index contributed by atoms with van der Waals surface area (Å²) in [6.07, 6.45) is 35.8. The van der Waals surface area contributed by atoms with Gasteiger partial charge >= 0.3 is 0 Å². The van der Waals surface area contributed by atoms with Crippen molar-refractivity contribution >= 4 is 0 Å². The zero-order valence-corrected chi connectivity index (χ0v) is 22.0. The van der Waals surface area contributed by atoms with Crippen LogP contribution in [0.25, 0.3) is 0 Å². The van der Waals surface area contributed by atoms with E-state index in [1.807, 2.05) is 0 Å². The van der Waals surface area contributed by atoms with Crippen molar-refractivity contribution in [3.05, 3.63) is 0 Å². The summed E-state index contributed by atoms with van der Waals surface area (Å²) < 4.78 is 0. The van der Waals surface area contributed by atoms with Gasteiger partial charge in [0, 0.05) is 6.04 Å². The maximum atomic E-state index is 6.35. The summed E-state index contributed by atoms with van der Waals surface area (Å²) in [7, 11) is 0. The van der Waals surface area contributed by atoms with Crippen molar-refractivity contribution in [2.45, 2.75) is 180 Å². The molecule has 0 heterocycles. The van der Waals surface area contributed by atoms with Gasteiger partial charge in [0.25, 0.3) is 0 Å². The Balaban J connectivity index is 1.74. The van der Waals surface area contributed by atoms with E-state index < -0.39 is 0 Å². The fourth-order valence-electron chi connectivity index (χ4n) is 5.41. The van der Waals surface area contributed by atoms with E-state index in [1.165, 1.54) is 154 Å². The normalized spacial score (nSPS) is 19.1. The topological polar surface area (TPSA) is 26.0 Å². The van der Waals surface area contributed by atoms with Crippen LogP contribution < -0.4 is 5.73 Å². The molecular weight excluding hydrogens is 374 g/mol. The van der Waals surface area contributed by atoms with E-state index in [2.05, 4.69) is 13.8 Å². The molecule has 0 saturated heterocycles. The Morgan fingerprint density at radius 1 is 0.484 bits per heavy atom. The third-order valence-electron chi connectivity index (χ3n) is 7.83. The third-order valence-corrected chi connectivity index (χ3v) is 7.83. The summed E-state index contributed by atoms with van der Waals surface area (Å²) in [5, 5.41) is 0. The van der Waals surface area contributed by atoms with E-state index in [1.54, 1.807) is 6.42 Å². The third kappa shape index (κ3) is 19.2. The van der Waals surface area contributed by atoms with Crippen molar-refractivity contribution in [3.8, 4) is 0 Å². The second-order valence-corrected chi connectivity index (χ2v) is 11.0. The lowest BCUT2D eigenvalue weighted by molar-refractivity contribution is 0.476. The molecule has 0 radical (unpaired) electrons. The number of nitrogens with two attached hydrogens (primary N) is 1. The van der Waals surface area contributed by atoms with Crippen LogP contribution in [0.4, 0.5) is 0 Å². The quantitative estimate of drug-likeness (QED) is 0.142. The van der Waals surface area contributed by atoms with Crippen molar-refractivity contribution in [2.75, 3.05) is 0 Å². The Morgan fingerprint density at radius 2 is 0.806 bits per heavy atom. The van der Waals surface area contributed by atoms with E-state index in [4.69, 9.17) is 5.73 Å². The van der Waals surface area contributed by atoms with Crippen LogP contribution in [0.5, 0.6) is 0 Å². The van der Waals surface area contributed by atoms with Crippen molar-refractivity contribution in [1.29, 1.82) is 0 Å². The SMILES string of the molecule is CCCCCCCCCCCC(N)CCCCCCC[C@H]1C[C@H]1CCCCCCCC. The number of hydrogen-bond donors (Lipinski definition) is 1. The second kappa shape index (κ2) is 21.8. The molecule has 1 nitrogen and oxygen atoms in total. The zero-order valence-electron chi connectivity index (χ0n) is 22.0. The van der Waals surface area contributed by atoms with E-state index >= 15 is 0 Å². The zero-order chi connectivity index (χ0) is 22.4. The van der Waals surface area contributed by atoms with Crippen LogP contribution in [-0.2, 0) is 0 Å². The van der Waals surface area contributed by atoms with E-state index in [0.717, 1.165) is 11.8 Å². The van der Waals surface area contributed by atoms with Gasteiger partial charge in [0.05, 0.1) is 0 Å². The summed E-state index contributed by atoms with van der Waals surface area (Å²) >= 11 is 0. The average molecular weight is 436 g/mol. The number of hydrogen-bond acceptors (Lipinski definition) is 1. The molecule has 1 heteroatoms. The van der Waals surface area contributed by atoms with E-state index in [-0.39, 0.29) is 0 Å². The highest BCUT2D eigenvalue weighted by molar-refractivity contribution is 4.85. The molecule has 3 atom stereocenters. The Kier molecular flexibility index (Phi) is 20.4. The van der Waals surface area contributed by atoms with Crippen LogP contribution >= 0.6 is 0 Å². The van der Waals surface area contributed by atoms with Crippen molar-refractivity contribution in [2.24, 2.45) is 17.6 Å². The molecule has 186 valence electrons. The Bertz CT molecular complexity index is 352. The van der Waals surface area contributed by atoms with Crippen LogP contribution in [0.2, 0.25) is 0 Å². The first-order valence-electron chi connectivity index (χ1n) is 15.0. The van der Waals surface area contributed by atoms with Gasteiger partial charge in [-0.2, -0.15) is 0 Å². The van der Waals surface area contributed by atoms with E-state index in [9.17, 15) is 0 Å². The molecule has 0 spiro atoms. The van der Waals surface area contributed by atoms with Gasteiger partial charge in [-0.15, -0.1) is 0 Å². The van der Waals surface area contributed by atoms with Gasteiger partial charge in [0.1, 0.15) is 0 Å². The molecule has 0 aliphatic heterocycles. The highest BCUT2D eigenvalue weighted by Crippen LogP contribution is 2.45. The Labute approximate surface area is 198 Å². The van der Waals surface area contributed by atoms with Gasteiger partial charge in [0.15, 0.2) is 0 Å². The lowest BCUT2D eigenvalue weighted by Gasteiger charge is -2.11. The first-order valence-corrected chi connectivity index (χ1v) is 15.0. The molecule has 2 N–H and O–H groups in total. The van der Waals surface area contributed by atoms with E-state index in [0.29, 0.717) is 6.04 Å². The fraction of sp³-hybridized carbons (Fsp3) is 1.00. The van der Waals surface area contributed by atoms with Gasteiger partial charge in [-0.05, 0) is 31.1 Å². The first-order chi connectivity index (χ1) is 15.3. The molecule has 1 fully saturated rings. The summed E-state index contributed by atoms with van der Waals surface area (Å²) in [4.78, 5) is 0. The van der Waals surface area contributed by atoms with Crippen LogP contribution in [0.3, 0.4) is 0 Å². The molecule has 1 rings (SSSR count). The lowest BCUT2D eigenvalue weighted by Crippen LogP contribution is -2.19. The highest BCUT2D eigenvalue weighted by Gasteiger charge is 2.34. The minimum Gasteiger partial charge on any atom is -0.328 e. The summed E-state index contributed by atoms with van der Waals surface area (Å²) in [5.74, 6) is 2.23. The predicted molar refractivity (Wildman–Crippen MR) is 142 cm³/mol. The smallest absolute Gasteiger partial charge is 0.00388 e. The molecule has 0 aromatic heterocycles. The highest BCUT2D eigenvalue weighted by atomic mass is 14.6. The number of rotatable bonds is 25. The maximum absolute atomic E-state index is 6.35. The fourth-order valence-corrected chi connectivity index (χ4v) is 5.41. The largest absolute Gasteiger partial charge is 0.328 e. The minimum absolute atomic E-state index is 0.471. The maximum Gasteiger partial charge on any atom is 0.00388 e. The van der Waals surface area contributed by atoms with Gasteiger partial charge < -0.3 is 5.73 Å². The van der Waals surface area contributed by atoms with Crippen LogP contribution in [0.15, 0.2) is 0 Å². The second-order valence-electron chi connectivity index (χ2n) is 11.0. The van der Waals surface area contributed by atoms with Crippen LogP contribution in [0, 0.1) is 11.8 Å². The molecule has 0 bridgehead atoms. The molecule has 31 heavy (non-hydrogen) atoms. The van der Waals surface area contributed by atoms with Crippen LogP contribution in [-0.4, -0.2) is 6.04 Å². The van der Waals surface area contributed by atoms with Gasteiger partial charge in [0.2, 0.25) is 0 Å². The molecule has 0 amide bonds. The van der Waals surface area contributed by atoms with Crippen molar-refractivity contribution in [3.63, 3.8) is 0 Å². The summed E-state index contributed by atoms with van der Waals surface area (Å²) in [6.45, 7) is 4.60. The minimum atomic E-state index is 0.471. The summed E-state index contributed by atoms with van der Waals surface area (Å²) in [6, 6.07) is 0.471. The molecular formula is C30H61N. The summed E-state index contributed by atoms with van der Waals surface area (Å²) in [5.41, 5.74) is 6.35.